The molecule has 0 aliphatic carbocycles. The number of hydrogen-bond acceptors (Lipinski definition) is 3. The van der Waals surface area contributed by atoms with Crippen molar-refractivity contribution < 1.29 is 19.8 Å². The predicted molar refractivity (Wildman–Crippen MR) is 116 cm³/mol. The van der Waals surface area contributed by atoms with E-state index < -0.39 is 11.9 Å². The first-order valence-corrected chi connectivity index (χ1v) is 9.45. The van der Waals surface area contributed by atoms with Crippen molar-refractivity contribution >= 4 is 46.4 Å². The number of para-hydroxylation sites is 1. The average molecular weight is 488 g/mol. The number of carboxylic acids is 2. The lowest BCUT2D eigenvalue weighted by Gasteiger charge is -2.12. The third-order valence-electron chi connectivity index (χ3n) is 4.34. The molecule has 0 atom stereocenters. The Bertz CT molecular complexity index is 1080. The molecule has 1 aromatic heterocycles. The van der Waals surface area contributed by atoms with Crippen LogP contribution in [-0.4, -0.2) is 32.9 Å². The number of hydrogen-bond donors (Lipinski definition) is 2. The molecule has 0 amide bonds. The van der Waals surface area contributed by atoms with E-state index in [0.717, 1.165) is 32.3 Å². The van der Waals surface area contributed by atoms with E-state index in [9.17, 15) is 19.8 Å². The summed E-state index contributed by atoms with van der Waals surface area (Å²) < 4.78 is 2.86. The molecule has 0 radical (unpaired) electrons. The molecule has 0 aliphatic rings. The highest BCUT2D eigenvalue weighted by molar-refractivity contribution is 14.1. The molecular weight excluding hydrogens is 471 g/mol. The van der Waals surface area contributed by atoms with Crippen molar-refractivity contribution in [2.24, 2.45) is 4.99 Å². The van der Waals surface area contributed by atoms with E-state index in [-0.39, 0.29) is 11.1 Å². The van der Waals surface area contributed by atoms with E-state index in [1.54, 1.807) is 6.21 Å². The molecule has 0 aliphatic heterocycles. The summed E-state index contributed by atoms with van der Waals surface area (Å²) in [4.78, 5) is 27.3. The molecule has 0 unspecified atom stereocenters. The molecule has 142 valence electrons. The normalized spacial score (nSPS) is 11.1. The quantitative estimate of drug-likeness (QED) is 0.397. The van der Waals surface area contributed by atoms with Gasteiger partial charge in [-0.2, -0.15) is 0 Å². The molecule has 7 heteroatoms. The van der Waals surface area contributed by atoms with Crippen molar-refractivity contribution in [3.63, 3.8) is 0 Å². The monoisotopic (exact) mass is 488 g/mol. The fourth-order valence-corrected chi connectivity index (χ4v) is 3.53. The standard InChI is InChI=1S/C21H17IN2O4/c1-12-7-16(11-23-19-6-4-3-5-18(19)22)13(2)24(12)17-9-14(20(25)26)8-15(10-17)21(27)28/h3-11H,1-2H3,(H,25,26)(H,27,28). The van der Waals surface area contributed by atoms with Crippen molar-refractivity contribution in [2.45, 2.75) is 13.8 Å². The number of rotatable bonds is 5. The Morgan fingerprint density at radius 1 is 1.00 bits per heavy atom. The lowest BCUT2D eigenvalue weighted by molar-refractivity contribution is 0.0696. The van der Waals surface area contributed by atoms with Crippen LogP contribution in [0.1, 0.15) is 37.7 Å². The molecule has 0 bridgehead atoms. The minimum atomic E-state index is -1.17. The van der Waals surface area contributed by atoms with Gasteiger partial charge in [0, 0.05) is 32.4 Å². The Morgan fingerprint density at radius 2 is 1.61 bits per heavy atom. The maximum absolute atomic E-state index is 11.4. The van der Waals surface area contributed by atoms with E-state index in [1.165, 1.54) is 12.1 Å². The van der Waals surface area contributed by atoms with E-state index in [0.29, 0.717) is 5.69 Å². The Kier molecular flexibility index (Phi) is 5.64. The van der Waals surface area contributed by atoms with Crippen molar-refractivity contribution in [3.8, 4) is 5.69 Å². The SMILES string of the molecule is Cc1cc(C=Nc2ccccc2I)c(C)n1-c1cc(C(=O)O)cc(C(=O)O)c1. The number of aromatic nitrogens is 1. The van der Waals surface area contributed by atoms with Gasteiger partial charge in [0.25, 0.3) is 0 Å². The maximum Gasteiger partial charge on any atom is 0.335 e. The number of carboxylic acid groups (broad SMARTS) is 2. The van der Waals surface area contributed by atoms with Gasteiger partial charge in [-0.3, -0.25) is 4.99 Å². The fourth-order valence-electron chi connectivity index (χ4n) is 3.00. The molecule has 0 fully saturated rings. The van der Waals surface area contributed by atoms with Gasteiger partial charge in [0.05, 0.1) is 16.8 Å². The largest absolute Gasteiger partial charge is 0.478 e. The van der Waals surface area contributed by atoms with Gasteiger partial charge in [-0.05, 0) is 72.8 Å². The Labute approximate surface area is 175 Å². The fraction of sp³-hybridized carbons (Fsp3) is 0.0952. The number of carbonyl (C=O) groups is 2. The molecule has 0 spiro atoms. The molecule has 3 rings (SSSR count). The van der Waals surface area contributed by atoms with Crippen LogP contribution in [0.15, 0.2) is 53.5 Å². The molecule has 28 heavy (non-hydrogen) atoms. The number of aryl methyl sites for hydroxylation is 1. The second-order valence-electron chi connectivity index (χ2n) is 6.25. The number of halogens is 1. The predicted octanol–water partition coefficient (Wildman–Crippen LogP) is 4.85. The topological polar surface area (TPSA) is 91.9 Å². The molecular formula is C21H17IN2O4. The molecule has 2 aromatic carbocycles. The number of aliphatic imine (C=N–C) groups is 1. The van der Waals surface area contributed by atoms with Crippen LogP contribution in [0.5, 0.6) is 0 Å². The highest BCUT2D eigenvalue weighted by Crippen LogP contribution is 2.24. The molecule has 0 saturated heterocycles. The summed E-state index contributed by atoms with van der Waals surface area (Å²) >= 11 is 2.22. The average Bonchev–Trinajstić information content (AvgIpc) is 2.94. The van der Waals surface area contributed by atoms with Crippen molar-refractivity contribution in [1.82, 2.24) is 4.57 Å². The number of benzene rings is 2. The number of aromatic carboxylic acids is 2. The summed E-state index contributed by atoms with van der Waals surface area (Å²) in [6, 6.07) is 13.8. The van der Waals surface area contributed by atoms with E-state index in [2.05, 4.69) is 27.6 Å². The van der Waals surface area contributed by atoms with Crippen molar-refractivity contribution in [3.05, 3.63) is 80.2 Å². The first-order valence-electron chi connectivity index (χ1n) is 8.37. The first-order chi connectivity index (χ1) is 13.3. The third-order valence-corrected chi connectivity index (χ3v) is 5.25. The molecule has 2 N–H and O–H groups in total. The van der Waals surface area contributed by atoms with Gasteiger partial charge < -0.3 is 14.8 Å². The zero-order valence-corrected chi connectivity index (χ0v) is 17.3. The van der Waals surface area contributed by atoms with Crippen LogP contribution in [0.3, 0.4) is 0 Å². The maximum atomic E-state index is 11.4. The Morgan fingerprint density at radius 3 is 2.18 bits per heavy atom. The highest BCUT2D eigenvalue weighted by atomic mass is 127. The van der Waals surface area contributed by atoms with Gasteiger partial charge in [0.2, 0.25) is 0 Å². The van der Waals surface area contributed by atoms with Crippen LogP contribution < -0.4 is 0 Å². The van der Waals surface area contributed by atoms with Crippen molar-refractivity contribution in [1.29, 1.82) is 0 Å². The second-order valence-corrected chi connectivity index (χ2v) is 7.41. The molecule has 1 heterocycles. The Balaban J connectivity index is 2.09. The van der Waals surface area contributed by atoms with Gasteiger partial charge >= 0.3 is 11.9 Å². The summed E-state index contributed by atoms with van der Waals surface area (Å²) in [6.07, 6.45) is 1.76. The van der Waals surface area contributed by atoms with E-state index >= 15 is 0 Å². The lowest BCUT2D eigenvalue weighted by atomic mass is 10.1. The van der Waals surface area contributed by atoms with Crippen LogP contribution in [0, 0.1) is 17.4 Å². The van der Waals surface area contributed by atoms with Crippen molar-refractivity contribution in [2.75, 3.05) is 0 Å². The molecule has 3 aromatic rings. The minimum absolute atomic E-state index is 0.0727. The summed E-state index contributed by atoms with van der Waals surface area (Å²) in [5, 5.41) is 18.6. The molecule has 6 nitrogen and oxygen atoms in total. The zero-order valence-electron chi connectivity index (χ0n) is 15.2. The highest BCUT2D eigenvalue weighted by Gasteiger charge is 2.16. The smallest absolute Gasteiger partial charge is 0.335 e. The van der Waals surface area contributed by atoms with Crippen LogP contribution in [0.2, 0.25) is 0 Å². The van der Waals surface area contributed by atoms with Crippen LogP contribution in [0.25, 0.3) is 5.69 Å². The lowest BCUT2D eigenvalue weighted by Crippen LogP contribution is -2.07. The summed E-state index contributed by atoms with van der Waals surface area (Å²) in [6.45, 7) is 3.77. The third kappa shape index (κ3) is 3.99. The minimum Gasteiger partial charge on any atom is -0.478 e. The molecule has 0 saturated carbocycles. The first kappa shape index (κ1) is 19.8. The van der Waals surface area contributed by atoms with Gasteiger partial charge in [-0.25, -0.2) is 9.59 Å². The van der Waals surface area contributed by atoms with Gasteiger partial charge in [-0.15, -0.1) is 0 Å². The summed E-state index contributed by atoms with van der Waals surface area (Å²) in [5.74, 6) is -2.35. The van der Waals surface area contributed by atoms with Crippen LogP contribution in [-0.2, 0) is 0 Å². The van der Waals surface area contributed by atoms with E-state index in [1.807, 2.05) is 48.7 Å². The Hall–Kier alpha value is -2.94. The van der Waals surface area contributed by atoms with Crippen LogP contribution in [0.4, 0.5) is 5.69 Å². The van der Waals surface area contributed by atoms with E-state index in [4.69, 9.17) is 0 Å². The summed E-state index contributed by atoms with van der Waals surface area (Å²) in [7, 11) is 0. The number of nitrogens with zero attached hydrogens (tertiary/aromatic N) is 2. The van der Waals surface area contributed by atoms with Crippen LogP contribution >= 0.6 is 22.6 Å². The second kappa shape index (κ2) is 7.97. The van der Waals surface area contributed by atoms with Gasteiger partial charge in [0.1, 0.15) is 0 Å². The van der Waals surface area contributed by atoms with Gasteiger partial charge in [0.15, 0.2) is 0 Å². The van der Waals surface area contributed by atoms with Gasteiger partial charge in [-0.1, -0.05) is 12.1 Å². The summed E-state index contributed by atoms with van der Waals surface area (Å²) in [5.41, 5.74) is 3.75. The zero-order chi connectivity index (χ0) is 20.4.